The van der Waals surface area contributed by atoms with E-state index in [1.807, 2.05) is 0 Å². The van der Waals surface area contributed by atoms with Gasteiger partial charge < -0.3 is 0 Å². The molecule has 0 radical (unpaired) electrons. The summed E-state index contributed by atoms with van der Waals surface area (Å²) in [5.41, 5.74) is -2.73. The molecular weight excluding hydrogens is 221 g/mol. The zero-order valence-corrected chi connectivity index (χ0v) is 7.34. The second-order valence-corrected chi connectivity index (χ2v) is 3.10. The van der Waals surface area contributed by atoms with Crippen LogP contribution in [-0.4, -0.2) is 25.3 Å². The fourth-order valence-electron chi connectivity index (χ4n) is 1.14. The van der Waals surface area contributed by atoms with Crippen molar-refractivity contribution >= 4 is 13.0 Å². The fourth-order valence-corrected chi connectivity index (χ4v) is 1.14. The Morgan fingerprint density at radius 1 is 0.933 bits per heavy atom. The molecule has 0 aromatic heterocycles. The van der Waals surface area contributed by atoms with Crippen LogP contribution >= 0.6 is 0 Å². The normalized spacial score (nSPS) is 18.6. The summed E-state index contributed by atoms with van der Waals surface area (Å²) in [6.07, 6.45) is -9.37. The van der Waals surface area contributed by atoms with Crippen LogP contribution in [0.25, 0.3) is 0 Å². The van der Waals surface area contributed by atoms with Gasteiger partial charge in [-0.25, -0.2) is 0 Å². The molecule has 0 aliphatic heterocycles. The Morgan fingerprint density at radius 3 is 1.87 bits per heavy atom. The fraction of sp³-hybridized carbons (Fsp3) is 0.375. The Bertz CT molecular complexity index is 343. The molecule has 7 heteroatoms. The van der Waals surface area contributed by atoms with E-state index in [0.29, 0.717) is 6.08 Å². The maximum absolute atomic E-state index is 12.2. The molecule has 0 amide bonds. The number of hydrogen-bond donors (Lipinski definition) is 0. The van der Waals surface area contributed by atoms with E-state index in [1.54, 1.807) is 0 Å². The van der Waals surface area contributed by atoms with Gasteiger partial charge in [0.1, 0.15) is 0 Å². The molecule has 82 valence electrons. The molecule has 0 atom stereocenters. The Kier molecular flexibility index (Phi) is 2.84. The first-order valence-corrected chi connectivity index (χ1v) is 3.85. The topological polar surface area (TPSA) is 0 Å². The summed E-state index contributed by atoms with van der Waals surface area (Å²) >= 11 is 0. The van der Waals surface area contributed by atoms with Crippen LogP contribution in [0.15, 0.2) is 23.3 Å². The molecule has 0 unspecified atom stereocenters. The summed E-state index contributed by atoms with van der Waals surface area (Å²) in [7, 11) is 3.12. The first kappa shape index (κ1) is 12.1. The minimum atomic E-state index is -4.78. The molecule has 15 heavy (non-hydrogen) atoms. The van der Waals surface area contributed by atoms with Gasteiger partial charge in [0.25, 0.3) is 0 Å². The SMILES string of the molecule is B=C1C=C(C(F)(F)F)C=C(C(F)(F)F)C1. The first-order chi connectivity index (χ1) is 6.60. The molecule has 0 saturated carbocycles. The first-order valence-electron chi connectivity index (χ1n) is 3.85. The van der Waals surface area contributed by atoms with Crippen molar-refractivity contribution in [1.29, 1.82) is 0 Å². The second kappa shape index (κ2) is 3.54. The van der Waals surface area contributed by atoms with E-state index < -0.39 is 29.9 Å². The summed E-state index contributed by atoms with van der Waals surface area (Å²) in [4.78, 5) is 0. The maximum atomic E-state index is 12.2. The van der Waals surface area contributed by atoms with E-state index in [2.05, 4.69) is 7.49 Å². The van der Waals surface area contributed by atoms with E-state index in [9.17, 15) is 26.3 Å². The van der Waals surface area contributed by atoms with Crippen molar-refractivity contribution < 1.29 is 26.3 Å². The second-order valence-electron chi connectivity index (χ2n) is 3.10. The summed E-state index contributed by atoms with van der Waals surface area (Å²) in [6.45, 7) is 0. The standard InChI is InChI=1S/C8H5BF6/c9-6-2-4(7(10,11)12)1-5(3-6)8(13,14)15/h1-2,9H,3H2. The minimum absolute atomic E-state index is 0.120. The van der Waals surface area contributed by atoms with Gasteiger partial charge >= 0.3 is 81.4 Å². The number of hydrogen-bond acceptors (Lipinski definition) is 0. The van der Waals surface area contributed by atoms with Gasteiger partial charge in [-0.1, -0.05) is 0 Å². The third-order valence-electron chi connectivity index (χ3n) is 1.80. The molecule has 1 rings (SSSR count). The predicted molar refractivity (Wildman–Crippen MR) is 45.0 cm³/mol. The quantitative estimate of drug-likeness (QED) is 0.439. The Hall–Kier alpha value is -1.01. The molecule has 0 fully saturated rings. The summed E-state index contributed by atoms with van der Waals surface area (Å²) in [5, 5.41) is 0. The number of allylic oxidation sites excluding steroid dienone is 4. The van der Waals surface area contributed by atoms with Gasteiger partial charge in [-0.2, -0.15) is 0 Å². The van der Waals surface area contributed by atoms with Crippen LogP contribution in [0, 0.1) is 0 Å². The van der Waals surface area contributed by atoms with Gasteiger partial charge in [-0.15, -0.1) is 0 Å². The average Bonchev–Trinajstić information content (AvgIpc) is 1.99. The van der Waals surface area contributed by atoms with Crippen LogP contribution in [0.5, 0.6) is 0 Å². The van der Waals surface area contributed by atoms with Crippen molar-refractivity contribution in [3.63, 3.8) is 0 Å². The molecule has 0 saturated heterocycles. The molecule has 1 aliphatic rings. The molecule has 0 aromatic rings. The van der Waals surface area contributed by atoms with Gasteiger partial charge in [0, 0.05) is 0 Å². The van der Waals surface area contributed by atoms with Crippen LogP contribution in [-0.2, 0) is 0 Å². The van der Waals surface area contributed by atoms with Crippen molar-refractivity contribution in [3.05, 3.63) is 23.3 Å². The van der Waals surface area contributed by atoms with Crippen LogP contribution in [0.4, 0.5) is 26.3 Å². The van der Waals surface area contributed by atoms with Crippen molar-refractivity contribution in [3.8, 4) is 0 Å². The molecular formula is C8H5BF6. The molecule has 0 aromatic carbocycles. The number of halogens is 6. The molecule has 0 bridgehead atoms. The third-order valence-corrected chi connectivity index (χ3v) is 1.80. The van der Waals surface area contributed by atoms with Gasteiger partial charge in [0.05, 0.1) is 0 Å². The Labute approximate surface area is 82.3 Å². The van der Waals surface area contributed by atoms with Crippen LogP contribution < -0.4 is 0 Å². The van der Waals surface area contributed by atoms with Gasteiger partial charge in [0.15, 0.2) is 0 Å². The van der Waals surface area contributed by atoms with Gasteiger partial charge in [0.2, 0.25) is 0 Å². The van der Waals surface area contributed by atoms with E-state index in [4.69, 9.17) is 0 Å². The number of rotatable bonds is 0. The third kappa shape index (κ3) is 2.97. The summed E-state index contributed by atoms with van der Waals surface area (Å²) in [6, 6.07) is 0. The summed E-state index contributed by atoms with van der Waals surface area (Å²) < 4.78 is 73.0. The Balaban J connectivity index is 3.11. The van der Waals surface area contributed by atoms with Crippen molar-refractivity contribution in [1.82, 2.24) is 0 Å². The molecule has 0 spiro atoms. The van der Waals surface area contributed by atoms with Gasteiger partial charge in [-0.3, -0.25) is 0 Å². The van der Waals surface area contributed by atoms with Crippen LogP contribution in [0.3, 0.4) is 0 Å². The van der Waals surface area contributed by atoms with Crippen molar-refractivity contribution in [2.75, 3.05) is 0 Å². The van der Waals surface area contributed by atoms with Gasteiger partial charge in [-0.05, 0) is 0 Å². The average molecular weight is 226 g/mol. The van der Waals surface area contributed by atoms with Crippen LogP contribution in [0.1, 0.15) is 6.42 Å². The van der Waals surface area contributed by atoms with Crippen molar-refractivity contribution in [2.24, 2.45) is 0 Å². The predicted octanol–water partition coefficient (Wildman–Crippen LogP) is 2.44. The van der Waals surface area contributed by atoms with E-state index >= 15 is 0 Å². The monoisotopic (exact) mass is 226 g/mol. The van der Waals surface area contributed by atoms with Crippen LogP contribution in [0.2, 0.25) is 0 Å². The van der Waals surface area contributed by atoms with E-state index in [-0.39, 0.29) is 11.5 Å². The molecule has 0 N–H and O–H groups in total. The van der Waals surface area contributed by atoms with E-state index in [1.165, 1.54) is 0 Å². The summed E-state index contributed by atoms with van der Waals surface area (Å²) in [5.74, 6) is 0. The van der Waals surface area contributed by atoms with E-state index in [0.717, 1.165) is 0 Å². The Morgan fingerprint density at radius 2 is 1.47 bits per heavy atom. The zero-order chi connectivity index (χ0) is 11.9. The molecule has 0 heterocycles. The van der Waals surface area contributed by atoms with Crippen molar-refractivity contribution in [2.45, 2.75) is 18.8 Å². The zero-order valence-electron chi connectivity index (χ0n) is 7.34. The molecule has 1 aliphatic carbocycles. The number of alkyl halides is 6. The molecule has 0 nitrogen and oxygen atoms in total.